The third-order valence-electron chi connectivity index (χ3n) is 5.34. The molecular formula is C23H25N5O. The number of nitrogen functional groups attached to an aromatic ring is 1. The molecular weight excluding hydrogens is 362 g/mol. The first-order valence-electron chi connectivity index (χ1n) is 9.87. The number of carbonyl (C=O) groups is 1. The van der Waals surface area contributed by atoms with Gasteiger partial charge in [0.2, 0.25) is 5.91 Å². The minimum Gasteiger partial charge on any atom is -0.399 e. The van der Waals surface area contributed by atoms with Crippen molar-refractivity contribution < 1.29 is 4.79 Å². The number of rotatable bonds is 6. The number of aryl methyl sites for hydroxylation is 2. The molecule has 6 heteroatoms. The van der Waals surface area contributed by atoms with Crippen LogP contribution in [-0.2, 0) is 17.6 Å². The van der Waals surface area contributed by atoms with Crippen LogP contribution in [0.4, 0.5) is 5.69 Å². The van der Waals surface area contributed by atoms with Gasteiger partial charge >= 0.3 is 0 Å². The van der Waals surface area contributed by atoms with Crippen molar-refractivity contribution in [2.45, 2.75) is 33.1 Å². The highest BCUT2D eigenvalue weighted by Gasteiger charge is 2.14. The fraction of sp³-hybridized carbons (Fsp3) is 0.261. The van der Waals surface area contributed by atoms with Gasteiger partial charge in [0.1, 0.15) is 0 Å². The molecule has 0 bridgehead atoms. The van der Waals surface area contributed by atoms with Crippen LogP contribution in [0.5, 0.6) is 0 Å². The van der Waals surface area contributed by atoms with Gasteiger partial charge < -0.3 is 11.1 Å². The Morgan fingerprint density at radius 3 is 2.62 bits per heavy atom. The molecule has 0 atom stereocenters. The summed E-state index contributed by atoms with van der Waals surface area (Å²) >= 11 is 0. The minimum atomic E-state index is 0.0463. The van der Waals surface area contributed by atoms with Crippen LogP contribution < -0.4 is 11.1 Å². The van der Waals surface area contributed by atoms with Gasteiger partial charge in [-0.1, -0.05) is 24.3 Å². The molecule has 0 fully saturated rings. The number of nitrogens with two attached hydrogens (primary N) is 1. The van der Waals surface area contributed by atoms with Crippen molar-refractivity contribution in [1.82, 2.24) is 19.9 Å². The van der Waals surface area contributed by atoms with E-state index in [4.69, 9.17) is 10.7 Å². The number of hydrogen-bond acceptors (Lipinski definition) is 4. The number of fused-ring (bicyclic) bond motifs is 3. The second-order valence-electron chi connectivity index (χ2n) is 7.36. The third-order valence-corrected chi connectivity index (χ3v) is 5.34. The Hall–Kier alpha value is -3.41. The molecule has 0 unspecified atom stereocenters. The molecule has 4 rings (SSSR count). The summed E-state index contributed by atoms with van der Waals surface area (Å²) in [6, 6.07) is 15.7. The predicted octanol–water partition coefficient (Wildman–Crippen LogP) is 3.37. The summed E-state index contributed by atoms with van der Waals surface area (Å²) in [5, 5.41) is 8.73. The van der Waals surface area contributed by atoms with Crippen molar-refractivity contribution in [2.24, 2.45) is 0 Å². The molecule has 0 aliphatic heterocycles. The molecule has 2 aromatic heterocycles. The number of hydrogen-bond donors (Lipinski definition) is 2. The average Bonchev–Trinajstić information content (AvgIpc) is 3.08. The Morgan fingerprint density at radius 1 is 1.07 bits per heavy atom. The highest BCUT2D eigenvalue weighted by Crippen LogP contribution is 2.22. The lowest BCUT2D eigenvalue weighted by Crippen LogP contribution is -2.26. The first-order chi connectivity index (χ1) is 14.0. The van der Waals surface area contributed by atoms with E-state index < -0.39 is 0 Å². The molecule has 29 heavy (non-hydrogen) atoms. The smallest absolute Gasteiger partial charge is 0.220 e. The molecule has 6 nitrogen and oxygen atoms in total. The minimum absolute atomic E-state index is 0.0463. The molecule has 0 aliphatic rings. The van der Waals surface area contributed by atoms with E-state index in [0.29, 0.717) is 19.4 Å². The first kappa shape index (κ1) is 18.9. The maximum atomic E-state index is 12.3. The van der Waals surface area contributed by atoms with Crippen molar-refractivity contribution in [2.75, 3.05) is 12.3 Å². The van der Waals surface area contributed by atoms with Gasteiger partial charge in [-0.25, -0.2) is 9.50 Å². The van der Waals surface area contributed by atoms with Crippen molar-refractivity contribution in [3.05, 3.63) is 71.0 Å². The quantitative estimate of drug-likeness (QED) is 0.497. The molecule has 4 aromatic rings. The number of nitrogens with zero attached hydrogens (tertiary/aromatic N) is 3. The molecule has 148 valence electrons. The second-order valence-corrected chi connectivity index (χ2v) is 7.36. The lowest BCUT2D eigenvalue weighted by Gasteiger charge is -2.11. The molecule has 0 radical (unpaired) electrons. The van der Waals surface area contributed by atoms with Gasteiger partial charge in [0.25, 0.3) is 0 Å². The predicted molar refractivity (Wildman–Crippen MR) is 116 cm³/mol. The van der Waals surface area contributed by atoms with Crippen LogP contribution in [-0.4, -0.2) is 27.0 Å². The summed E-state index contributed by atoms with van der Waals surface area (Å²) < 4.78 is 1.89. The van der Waals surface area contributed by atoms with Crippen LogP contribution in [0.15, 0.2) is 48.5 Å². The number of carbonyl (C=O) groups excluding carboxylic acids is 1. The first-order valence-corrected chi connectivity index (χ1v) is 9.87. The van der Waals surface area contributed by atoms with E-state index in [1.807, 2.05) is 66.9 Å². The number of aromatic nitrogens is 3. The Kier molecular flexibility index (Phi) is 5.16. The maximum absolute atomic E-state index is 12.3. The monoisotopic (exact) mass is 387 g/mol. The SMILES string of the molecule is Cc1nc2c3ccccc3nn2c(C)c1CCC(=O)NCCc1ccc(N)cc1. The molecule has 2 aromatic carbocycles. The Labute approximate surface area is 169 Å². The number of anilines is 1. The van der Waals surface area contributed by atoms with Crippen molar-refractivity contribution in [1.29, 1.82) is 0 Å². The summed E-state index contributed by atoms with van der Waals surface area (Å²) in [6.07, 6.45) is 1.86. The number of amides is 1. The van der Waals surface area contributed by atoms with E-state index in [1.54, 1.807) is 0 Å². The average molecular weight is 387 g/mol. The van der Waals surface area contributed by atoms with E-state index in [0.717, 1.165) is 51.2 Å². The molecule has 0 aliphatic carbocycles. The maximum Gasteiger partial charge on any atom is 0.220 e. The van der Waals surface area contributed by atoms with Crippen LogP contribution >= 0.6 is 0 Å². The summed E-state index contributed by atoms with van der Waals surface area (Å²) in [5.74, 6) is 0.0463. The van der Waals surface area contributed by atoms with Gasteiger partial charge in [-0.15, -0.1) is 0 Å². The van der Waals surface area contributed by atoms with Crippen molar-refractivity contribution in [3.8, 4) is 0 Å². The van der Waals surface area contributed by atoms with E-state index >= 15 is 0 Å². The highest BCUT2D eigenvalue weighted by molar-refractivity contribution is 5.92. The van der Waals surface area contributed by atoms with Gasteiger partial charge in [-0.2, -0.15) is 5.10 Å². The number of benzene rings is 2. The van der Waals surface area contributed by atoms with Crippen LogP contribution in [0, 0.1) is 13.8 Å². The zero-order valence-corrected chi connectivity index (χ0v) is 16.8. The molecule has 0 saturated heterocycles. The fourth-order valence-corrected chi connectivity index (χ4v) is 3.70. The van der Waals surface area contributed by atoms with Gasteiger partial charge in [-0.3, -0.25) is 4.79 Å². The van der Waals surface area contributed by atoms with E-state index in [9.17, 15) is 4.79 Å². The Bertz CT molecular complexity index is 1180. The van der Waals surface area contributed by atoms with E-state index in [2.05, 4.69) is 10.4 Å². The van der Waals surface area contributed by atoms with Crippen molar-refractivity contribution in [3.63, 3.8) is 0 Å². The lowest BCUT2D eigenvalue weighted by atomic mass is 10.1. The Balaban J connectivity index is 1.41. The van der Waals surface area contributed by atoms with E-state index in [-0.39, 0.29) is 5.91 Å². The largest absolute Gasteiger partial charge is 0.399 e. The molecule has 0 spiro atoms. The fourth-order valence-electron chi connectivity index (χ4n) is 3.70. The van der Waals surface area contributed by atoms with Crippen LogP contribution in [0.25, 0.3) is 16.6 Å². The second kappa shape index (κ2) is 7.91. The zero-order valence-electron chi connectivity index (χ0n) is 16.8. The Morgan fingerprint density at radius 2 is 1.83 bits per heavy atom. The molecule has 3 N–H and O–H groups in total. The summed E-state index contributed by atoms with van der Waals surface area (Å²) in [4.78, 5) is 17.1. The lowest BCUT2D eigenvalue weighted by molar-refractivity contribution is -0.121. The molecule has 1 amide bonds. The zero-order chi connectivity index (χ0) is 20.4. The summed E-state index contributed by atoms with van der Waals surface area (Å²) in [5.41, 5.74) is 12.5. The van der Waals surface area contributed by atoms with Crippen LogP contribution in [0.3, 0.4) is 0 Å². The van der Waals surface area contributed by atoms with Gasteiger partial charge in [0, 0.05) is 35.4 Å². The van der Waals surface area contributed by atoms with Crippen molar-refractivity contribution >= 4 is 28.1 Å². The summed E-state index contributed by atoms with van der Waals surface area (Å²) in [7, 11) is 0. The number of nitrogens with one attached hydrogen (secondary N) is 1. The van der Waals surface area contributed by atoms with Crippen LogP contribution in [0.2, 0.25) is 0 Å². The normalized spacial score (nSPS) is 11.2. The van der Waals surface area contributed by atoms with Gasteiger partial charge in [0.15, 0.2) is 5.65 Å². The summed E-state index contributed by atoms with van der Waals surface area (Å²) in [6.45, 7) is 4.66. The topological polar surface area (TPSA) is 85.3 Å². The molecule has 0 saturated carbocycles. The highest BCUT2D eigenvalue weighted by atomic mass is 16.1. The third kappa shape index (κ3) is 3.92. The van der Waals surface area contributed by atoms with E-state index in [1.165, 1.54) is 0 Å². The van der Waals surface area contributed by atoms with Gasteiger partial charge in [0.05, 0.1) is 5.52 Å². The molecule has 2 heterocycles. The van der Waals surface area contributed by atoms with Gasteiger partial charge in [-0.05, 0) is 62.1 Å². The van der Waals surface area contributed by atoms with Crippen LogP contribution in [0.1, 0.15) is 28.9 Å². The standard InChI is InChI=1S/C23H25N5O/c1-15-19(11-12-22(29)25-14-13-17-7-9-18(24)10-8-17)16(2)28-23(26-15)20-5-3-4-6-21(20)27-28/h3-10H,11-14,24H2,1-2H3,(H,25,29).